The SMILES string of the molecule is COc1ccc2c(c1)C(N)CN([I-]C)C2. The van der Waals surface area contributed by atoms with Gasteiger partial charge in [0.2, 0.25) is 0 Å². The Labute approximate surface area is 101 Å². The van der Waals surface area contributed by atoms with Crippen molar-refractivity contribution in [3.05, 3.63) is 29.3 Å². The van der Waals surface area contributed by atoms with Gasteiger partial charge in [-0.25, -0.2) is 0 Å². The first-order valence-corrected chi connectivity index (χ1v) is 8.04. The molecular weight excluding hydrogens is 303 g/mol. The first-order chi connectivity index (χ1) is 7.24. The van der Waals surface area contributed by atoms with Gasteiger partial charge >= 0.3 is 101 Å². The normalized spacial score (nSPS) is 21.4. The Morgan fingerprint density at radius 1 is 1.53 bits per heavy atom. The minimum atomic E-state index is 0.142. The van der Waals surface area contributed by atoms with Gasteiger partial charge < -0.3 is 0 Å². The van der Waals surface area contributed by atoms with Gasteiger partial charge in [-0.15, -0.1) is 0 Å². The molecule has 1 atom stereocenters. The molecule has 0 aliphatic carbocycles. The van der Waals surface area contributed by atoms with E-state index in [1.54, 1.807) is 7.11 Å². The first kappa shape index (κ1) is 11.2. The van der Waals surface area contributed by atoms with Gasteiger partial charge in [-0.05, 0) is 0 Å². The third-order valence-corrected chi connectivity index (χ3v) is 4.83. The molecule has 1 aliphatic heterocycles. The monoisotopic (exact) mass is 319 g/mol. The van der Waals surface area contributed by atoms with E-state index in [1.165, 1.54) is 11.1 Å². The zero-order valence-electron chi connectivity index (χ0n) is 9.03. The predicted molar refractivity (Wildman–Crippen MR) is 56.3 cm³/mol. The second kappa shape index (κ2) is 4.67. The van der Waals surface area contributed by atoms with Crippen LogP contribution in [0.25, 0.3) is 0 Å². The van der Waals surface area contributed by atoms with Crippen molar-refractivity contribution in [2.45, 2.75) is 12.6 Å². The van der Waals surface area contributed by atoms with Crippen molar-refractivity contribution < 1.29 is 26.2 Å². The molecule has 0 spiro atoms. The molecule has 0 aromatic heterocycles. The molecule has 84 valence electrons. The van der Waals surface area contributed by atoms with E-state index in [-0.39, 0.29) is 27.5 Å². The number of nitrogens with zero attached hydrogens (tertiary/aromatic N) is 1. The van der Waals surface area contributed by atoms with Crippen LogP contribution in [0, 0.1) is 0 Å². The van der Waals surface area contributed by atoms with Crippen LogP contribution in [0.2, 0.25) is 0 Å². The number of ether oxygens (including phenoxy) is 1. The molecule has 1 unspecified atom stereocenters. The quantitative estimate of drug-likeness (QED) is 0.395. The molecule has 0 bridgehead atoms. The van der Waals surface area contributed by atoms with Gasteiger partial charge in [0.15, 0.2) is 0 Å². The van der Waals surface area contributed by atoms with E-state index >= 15 is 0 Å². The topological polar surface area (TPSA) is 38.5 Å². The number of alkyl halides is 1. The van der Waals surface area contributed by atoms with Crippen LogP contribution in [0.1, 0.15) is 17.2 Å². The minimum absolute atomic E-state index is 0.142. The van der Waals surface area contributed by atoms with E-state index < -0.39 is 0 Å². The van der Waals surface area contributed by atoms with Crippen LogP contribution >= 0.6 is 0 Å². The van der Waals surface area contributed by atoms with Crippen molar-refractivity contribution in [1.29, 1.82) is 0 Å². The van der Waals surface area contributed by atoms with Crippen LogP contribution in [-0.2, 0) is 6.54 Å². The van der Waals surface area contributed by atoms with Crippen molar-refractivity contribution >= 4 is 0 Å². The molecule has 0 saturated carbocycles. The Bertz CT molecular complexity index is 356. The molecule has 2 rings (SSSR count). The zero-order chi connectivity index (χ0) is 10.8. The standard InChI is InChI=1S/C11H16IN2O/c1-12-14-6-8-3-4-9(15-2)5-10(8)11(13)7-14/h3-5,11H,6-7,13H2,1-2H3/q-1. The van der Waals surface area contributed by atoms with Crippen LogP contribution in [0.15, 0.2) is 18.2 Å². The molecule has 1 aromatic rings. The van der Waals surface area contributed by atoms with Gasteiger partial charge in [0.05, 0.1) is 0 Å². The summed E-state index contributed by atoms with van der Waals surface area (Å²) in [6.45, 7) is 2.04. The molecule has 1 heterocycles. The maximum absolute atomic E-state index is 6.16. The average molecular weight is 319 g/mol. The summed E-state index contributed by atoms with van der Waals surface area (Å²) in [5, 5.41) is 0. The molecule has 3 nitrogen and oxygen atoms in total. The van der Waals surface area contributed by atoms with Gasteiger partial charge in [0, 0.05) is 0 Å². The molecule has 0 saturated heterocycles. The van der Waals surface area contributed by atoms with E-state index in [0.717, 1.165) is 18.8 Å². The number of hydrogen-bond donors (Lipinski definition) is 1. The van der Waals surface area contributed by atoms with E-state index in [2.05, 4.69) is 20.2 Å². The second-order valence-corrected chi connectivity index (χ2v) is 5.97. The van der Waals surface area contributed by atoms with Gasteiger partial charge in [0.1, 0.15) is 0 Å². The summed E-state index contributed by atoms with van der Waals surface area (Å²) in [7, 11) is 1.69. The van der Waals surface area contributed by atoms with E-state index in [9.17, 15) is 0 Å². The van der Waals surface area contributed by atoms with Crippen molar-refractivity contribution in [3.8, 4) is 5.75 Å². The summed E-state index contributed by atoms with van der Waals surface area (Å²) in [5.74, 6) is 0.906. The van der Waals surface area contributed by atoms with Crippen molar-refractivity contribution in [1.82, 2.24) is 3.11 Å². The Hall–Kier alpha value is -0.330. The van der Waals surface area contributed by atoms with Crippen LogP contribution in [0.4, 0.5) is 0 Å². The van der Waals surface area contributed by atoms with Gasteiger partial charge in [-0.2, -0.15) is 0 Å². The number of methoxy groups -OCH3 is 1. The number of fused-ring (bicyclic) bond motifs is 1. The average Bonchev–Trinajstić information content (AvgIpc) is 2.28. The van der Waals surface area contributed by atoms with E-state index in [1.807, 2.05) is 6.07 Å². The second-order valence-electron chi connectivity index (χ2n) is 3.64. The number of hydrogen-bond acceptors (Lipinski definition) is 3. The van der Waals surface area contributed by atoms with E-state index in [4.69, 9.17) is 10.5 Å². The van der Waals surface area contributed by atoms with Crippen molar-refractivity contribution in [2.24, 2.45) is 5.73 Å². The Morgan fingerprint density at radius 3 is 3.00 bits per heavy atom. The zero-order valence-corrected chi connectivity index (χ0v) is 11.2. The van der Waals surface area contributed by atoms with Crippen LogP contribution in [0.5, 0.6) is 5.75 Å². The first-order valence-electron chi connectivity index (χ1n) is 4.91. The number of halogens is 1. The third kappa shape index (κ3) is 2.26. The molecule has 15 heavy (non-hydrogen) atoms. The Morgan fingerprint density at radius 2 is 2.33 bits per heavy atom. The maximum atomic E-state index is 6.16. The Balaban J connectivity index is 2.32. The fourth-order valence-corrected chi connectivity index (χ4v) is 3.41. The summed E-state index contributed by atoms with van der Waals surface area (Å²) >= 11 is 0.143. The summed E-state index contributed by atoms with van der Waals surface area (Å²) in [6.07, 6.45) is 0. The number of rotatable bonds is 2. The van der Waals surface area contributed by atoms with Crippen LogP contribution in [0.3, 0.4) is 0 Å². The molecule has 2 N–H and O–H groups in total. The van der Waals surface area contributed by atoms with Gasteiger partial charge in [-0.1, -0.05) is 0 Å². The number of nitrogens with two attached hydrogens (primary N) is 1. The fraction of sp³-hybridized carbons (Fsp3) is 0.455. The third-order valence-electron chi connectivity index (χ3n) is 2.73. The summed E-state index contributed by atoms with van der Waals surface area (Å²) in [5.41, 5.74) is 8.77. The molecule has 1 aliphatic rings. The molecular formula is C11H16IN2O-. The summed E-state index contributed by atoms with van der Waals surface area (Å²) < 4.78 is 7.69. The number of benzene rings is 1. The Kier molecular flexibility index (Phi) is 3.48. The van der Waals surface area contributed by atoms with Crippen molar-refractivity contribution in [3.63, 3.8) is 0 Å². The van der Waals surface area contributed by atoms with Crippen LogP contribution in [-0.4, -0.2) is 21.7 Å². The molecule has 1 aromatic carbocycles. The van der Waals surface area contributed by atoms with E-state index in [0.29, 0.717) is 0 Å². The molecule has 0 fully saturated rings. The predicted octanol–water partition coefficient (Wildman–Crippen LogP) is -1.86. The summed E-state index contributed by atoms with van der Waals surface area (Å²) in [6, 6.07) is 6.37. The van der Waals surface area contributed by atoms with Crippen molar-refractivity contribution in [2.75, 3.05) is 18.6 Å². The van der Waals surface area contributed by atoms with Gasteiger partial charge in [-0.3, -0.25) is 0 Å². The van der Waals surface area contributed by atoms with Crippen LogP contribution < -0.4 is 31.9 Å². The summed E-state index contributed by atoms with van der Waals surface area (Å²) in [4.78, 5) is 2.28. The fourth-order valence-electron chi connectivity index (χ4n) is 1.88. The molecule has 0 amide bonds. The molecule has 0 radical (unpaired) electrons. The molecule has 4 heteroatoms. The van der Waals surface area contributed by atoms with Gasteiger partial charge in [0.25, 0.3) is 0 Å².